The lowest BCUT2D eigenvalue weighted by atomic mass is 9.99. The minimum absolute atomic E-state index is 0.143. The summed E-state index contributed by atoms with van der Waals surface area (Å²) in [6, 6.07) is -0.807. The molecule has 4 N–H and O–H groups in total. The van der Waals surface area contributed by atoms with Crippen molar-refractivity contribution in [3.8, 4) is 0 Å². The lowest BCUT2D eigenvalue weighted by Crippen LogP contribution is -2.50. The van der Waals surface area contributed by atoms with Crippen molar-refractivity contribution in [3.63, 3.8) is 0 Å². The molecule has 0 heterocycles. The van der Waals surface area contributed by atoms with Crippen molar-refractivity contribution in [1.82, 2.24) is 5.32 Å². The molecule has 1 amide bonds. The maximum absolute atomic E-state index is 12.5. The van der Waals surface area contributed by atoms with Gasteiger partial charge in [0, 0.05) is 6.42 Å². The predicted octanol–water partition coefficient (Wildman–Crippen LogP) is 14.8. The Morgan fingerprint density at radius 2 is 0.727 bits per heavy atom. The van der Waals surface area contributed by atoms with Crippen molar-refractivity contribution >= 4 is 5.91 Å². The maximum atomic E-state index is 12.5. The molecule has 0 radical (unpaired) electrons. The van der Waals surface area contributed by atoms with E-state index in [2.05, 4.69) is 31.3 Å². The lowest BCUT2D eigenvalue weighted by molar-refractivity contribution is -0.124. The van der Waals surface area contributed by atoms with Crippen molar-refractivity contribution < 1.29 is 20.1 Å². The summed E-state index contributed by atoms with van der Waals surface area (Å²) < 4.78 is 0. The van der Waals surface area contributed by atoms with Gasteiger partial charge in [0.15, 0.2) is 0 Å². The highest BCUT2D eigenvalue weighted by atomic mass is 16.3. The summed E-state index contributed by atoms with van der Waals surface area (Å²) in [7, 11) is 0. The zero-order valence-electron chi connectivity index (χ0n) is 37.3. The Balaban J connectivity index is 3.55. The third-order valence-corrected chi connectivity index (χ3v) is 11.9. The molecule has 3 unspecified atom stereocenters. The van der Waals surface area contributed by atoms with E-state index < -0.39 is 18.2 Å². The molecule has 0 saturated heterocycles. The summed E-state index contributed by atoms with van der Waals surface area (Å²) in [4.78, 5) is 12.5. The number of hydrogen-bond acceptors (Lipinski definition) is 4. The molecule has 0 aliphatic heterocycles. The van der Waals surface area contributed by atoms with Gasteiger partial charge in [-0.1, -0.05) is 244 Å². The molecule has 0 rings (SSSR count). The first kappa shape index (κ1) is 54.1. The van der Waals surface area contributed by atoms with Crippen LogP contribution in [0.4, 0.5) is 0 Å². The Morgan fingerprint density at radius 3 is 1.05 bits per heavy atom. The summed E-state index contributed by atoms with van der Waals surface area (Å²) in [5.41, 5.74) is 0. The van der Waals surface area contributed by atoms with E-state index in [0.29, 0.717) is 12.8 Å². The maximum Gasteiger partial charge on any atom is 0.220 e. The van der Waals surface area contributed by atoms with Crippen LogP contribution in [-0.4, -0.2) is 46.1 Å². The van der Waals surface area contributed by atoms with Crippen LogP contribution in [0.15, 0.2) is 12.2 Å². The van der Waals surface area contributed by atoms with Gasteiger partial charge in [-0.2, -0.15) is 0 Å². The molecule has 0 saturated carbocycles. The van der Waals surface area contributed by atoms with Gasteiger partial charge in [0.05, 0.1) is 18.8 Å². The number of nitrogens with one attached hydrogen (secondary N) is 1. The van der Waals surface area contributed by atoms with Crippen LogP contribution in [0.5, 0.6) is 0 Å². The van der Waals surface area contributed by atoms with E-state index in [9.17, 15) is 20.1 Å². The highest BCUT2D eigenvalue weighted by Crippen LogP contribution is 2.17. The van der Waals surface area contributed by atoms with Crippen molar-refractivity contribution in [2.24, 2.45) is 0 Å². The van der Waals surface area contributed by atoms with E-state index in [-0.39, 0.29) is 12.5 Å². The topological polar surface area (TPSA) is 89.8 Å². The molecule has 0 aromatic rings. The molecule has 3 atom stereocenters. The van der Waals surface area contributed by atoms with Gasteiger partial charge in [0.25, 0.3) is 0 Å². The van der Waals surface area contributed by atoms with Crippen LogP contribution in [0.1, 0.15) is 277 Å². The second-order valence-corrected chi connectivity index (χ2v) is 17.4. The highest BCUT2D eigenvalue weighted by Gasteiger charge is 2.26. The first-order valence-electron chi connectivity index (χ1n) is 25.0. The van der Waals surface area contributed by atoms with Gasteiger partial charge < -0.3 is 20.6 Å². The van der Waals surface area contributed by atoms with Crippen LogP contribution >= 0.6 is 0 Å². The zero-order valence-corrected chi connectivity index (χ0v) is 37.3. The van der Waals surface area contributed by atoms with Gasteiger partial charge in [0.1, 0.15) is 6.10 Å². The van der Waals surface area contributed by atoms with Gasteiger partial charge in [-0.3, -0.25) is 4.79 Å². The Morgan fingerprint density at radius 1 is 0.436 bits per heavy atom. The summed E-state index contributed by atoms with van der Waals surface area (Å²) >= 11 is 0. The van der Waals surface area contributed by atoms with Crippen molar-refractivity contribution in [2.75, 3.05) is 6.61 Å². The molecule has 0 bridgehead atoms. The molecule has 5 heteroatoms. The number of carbonyl (C=O) groups is 1. The number of aliphatic hydroxyl groups excluding tert-OH is 3. The Bertz CT molecular complexity index is 773. The van der Waals surface area contributed by atoms with Crippen molar-refractivity contribution in [1.29, 1.82) is 0 Å². The molecule has 5 nitrogen and oxygen atoms in total. The molecule has 0 aromatic carbocycles. The number of unbranched alkanes of at least 4 members (excludes halogenated alkanes) is 36. The third-order valence-electron chi connectivity index (χ3n) is 11.9. The fourth-order valence-corrected chi connectivity index (χ4v) is 7.98. The molecule has 0 fully saturated rings. The minimum Gasteiger partial charge on any atom is -0.394 e. The number of rotatable bonds is 46. The van der Waals surface area contributed by atoms with Gasteiger partial charge >= 0.3 is 0 Å². The van der Waals surface area contributed by atoms with E-state index in [1.54, 1.807) is 0 Å². The number of amides is 1. The van der Waals surface area contributed by atoms with Crippen molar-refractivity contribution in [3.05, 3.63) is 12.2 Å². The molecule has 0 aromatic heterocycles. The fraction of sp³-hybridized carbons (Fsp3) is 0.940. The monoisotopic (exact) mass is 778 g/mol. The first-order valence-corrected chi connectivity index (χ1v) is 25.0. The molecule has 55 heavy (non-hydrogen) atoms. The average Bonchev–Trinajstić information content (AvgIpc) is 3.19. The Kier molecular flexibility index (Phi) is 45.0. The van der Waals surface area contributed by atoms with Gasteiger partial charge in [-0.25, -0.2) is 0 Å². The standard InChI is InChI=1S/C50H99NO4/c1-3-5-7-9-11-13-15-17-19-21-22-23-24-25-26-27-28-29-31-33-35-37-39-41-43-45-49(54)51-47(46-52)50(55)48(53)44-42-40-38-36-34-32-30-20-18-16-14-12-10-8-6-4-2/h25-26,47-48,50,52-53,55H,3-24,27-46H2,1-2H3,(H,51,54)/b26-25-. The van der Waals surface area contributed by atoms with E-state index in [1.165, 1.54) is 212 Å². The molecule has 0 aliphatic carbocycles. The number of aliphatic hydroxyl groups is 3. The molecule has 328 valence electrons. The lowest BCUT2D eigenvalue weighted by Gasteiger charge is -2.26. The van der Waals surface area contributed by atoms with E-state index >= 15 is 0 Å². The summed E-state index contributed by atoms with van der Waals surface area (Å²) in [6.45, 7) is 4.20. The normalized spacial score (nSPS) is 13.5. The Labute approximate surface area is 344 Å². The number of allylic oxidation sites excluding steroid dienone is 2. The summed E-state index contributed by atoms with van der Waals surface area (Å²) in [6.07, 6.45) is 54.8. The third kappa shape index (κ3) is 41.1. The highest BCUT2D eigenvalue weighted by molar-refractivity contribution is 5.76. The van der Waals surface area contributed by atoms with Gasteiger partial charge in [0.2, 0.25) is 5.91 Å². The first-order chi connectivity index (χ1) is 27.1. The molecular formula is C50H99NO4. The quantitative estimate of drug-likeness (QED) is 0.0366. The average molecular weight is 778 g/mol. The van der Waals surface area contributed by atoms with Gasteiger partial charge in [-0.05, 0) is 38.5 Å². The van der Waals surface area contributed by atoms with E-state index in [1.807, 2.05) is 0 Å². The van der Waals surface area contributed by atoms with Crippen LogP contribution in [0.3, 0.4) is 0 Å². The minimum atomic E-state index is -1.13. The number of hydrogen-bond donors (Lipinski definition) is 4. The van der Waals surface area contributed by atoms with Crippen LogP contribution < -0.4 is 5.32 Å². The second-order valence-electron chi connectivity index (χ2n) is 17.4. The Hall–Kier alpha value is -0.910. The largest absolute Gasteiger partial charge is 0.394 e. The smallest absolute Gasteiger partial charge is 0.220 e. The fourth-order valence-electron chi connectivity index (χ4n) is 7.98. The van der Waals surface area contributed by atoms with Crippen LogP contribution in [0, 0.1) is 0 Å². The molecule has 0 spiro atoms. The second kappa shape index (κ2) is 45.8. The van der Waals surface area contributed by atoms with Crippen LogP contribution in [0.2, 0.25) is 0 Å². The molecule has 0 aliphatic rings. The van der Waals surface area contributed by atoms with E-state index in [4.69, 9.17) is 0 Å². The van der Waals surface area contributed by atoms with Crippen LogP contribution in [-0.2, 0) is 4.79 Å². The molecular weight excluding hydrogens is 679 g/mol. The predicted molar refractivity (Wildman–Crippen MR) is 241 cm³/mol. The van der Waals surface area contributed by atoms with E-state index in [0.717, 1.165) is 38.5 Å². The van der Waals surface area contributed by atoms with Gasteiger partial charge in [-0.15, -0.1) is 0 Å². The van der Waals surface area contributed by atoms with Crippen LogP contribution in [0.25, 0.3) is 0 Å². The SMILES string of the molecule is CCCCCCCCCCCCCC/C=C\CCCCCCCCCCCC(=O)NC(CO)C(O)C(O)CCCCCCCCCCCCCCCCCC. The zero-order chi connectivity index (χ0) is 40.1. The number of carbonyl (C=O) groups excluding carboxylic acids is 1. The summed E-state index contributed by atoms with van der Waals surface area (Å²) in [5, 5.41) is 33.6. The van der Waals surface area contributed by atoms with Crippen molar-refractivity contribution in [2.45, 2.75) is 295 Å². The summed E-state index contributed by atoms with van der Waals surface area (Å²) in [5.74, 6) is -0.143.